The monoisotopic (exact) mass is 397 g/mol. The van der Waals surface area contributed by atoms with Crippen molar-refractivity contribution >= 4 is 34.2 Å². The Morgan fingerprint density at radius 2 is 1.75 bits per heavy atom. The van der Waals surface area contributed by atoms with Crippen molar-refractivity contribution in [1.29, 1.82) is 0 Å². The van der Waals surface area contributed by atoms with Gasteiger partial charge in [-0.25, -0.2) is 14.6 Å². The molecule has 2 amide bonds. The van der Waals surface area contributed by atoms with Crippen LogP contribution in [0.2, 0.25) is 0 Å². The summed E-state index contributed by atoms with van der Waals surface area (Å²) in [6, 6.07) is 13.6. The van der Waals surface area contributed by atoms with Crippen LogP contribution in [0.3, 0.4) is 0 Å². The van der Waals surface area contributed by atoms with Crippen LogP contribution in [0.25, 0.3) is 11.3 Å². The van der Waals surface area contributed by atoms with Crippen LogP contribution in [0.15, 0.2) is 53.9 Å². The van der Waals surface area contributed by atoms with Gasteiger partial charge in [-0.15, -0.1) is 11.3 Å². The molecule has 8 heteroatoms. The zero-order valence-electron chi connectivity index (χ0n) is 15.4. The van der Waals surface area contributed by atoms with Crippen molar-refractivity contribution in [3.8, 4) is 17.0 Å². The number of amides is 2. The van der Waals surface area contributed by atoms with E-state index < -0.39 is 5.97 Å². The second kappa shape index (κ2) is 9.01. The number of thiazole rings is 1. The minimum Gasteiger partial charge on any atom is -0.494 e. The summed E-state index contributed by atoms with van der Waals surface area (Å²) in [5.41, 5.74) is 2.66. The molecule has 1 aromatic heterocycles. The molecule has 0 unspecified atom stereocenters. The Kier molecular flexibility index (Phi) is 6.23. The molecule has 0 saturated heterocycles. The zero-order chi connectivity index (χ0) is 19.9. The van der Waals surface area contributed by atoms with E-state index in [1.807, 2.05) is 12.3 Å². The zero-order valence-corrected chi connectivity index (χ0v) is 16.2. The van der Waals surface area contributed by atoms with Gasteiger partial charge >= 0.3 is 12.0 Å². The number of carbonyl (C=O) groups excluding carboxylic acids is 2. The van der Waals surface area contributed by atoms with Gasteiger partial charge in [0.2, 0.25) is 0 Å². The van der Waals surface area contributed by atoms with Gasteiger partial charge in [0.25, 0.3) is 0 Å². The van der Waals surface area contributed by atoms with Gasteiger partial charge in [0.15, 0.2) is 5.13 Å². The summed E-state index contributed by atoms with van der Waals surface area (Å²) in [5.74, 6) is 0.356. The van der Waals surface area contributed by atoms with Crippen LogP contribution in [0.4, 0.5) is 15.6 Å². The number of hydrogen-bond acceptors (Lipinski definition) is 6. The summed E-state index contributed by atoms with van der Waals surface area (Å²) in [6.45, 7) is 2.50. The van der Waals surface area contributed by atoms with Gasteiger partial charge in [0.05, 0.1) is 25.0 Å². The van der Waals surface area contributed by atoms with E-state index in [9.17, 15) is 9.59 Å². The topological polar surface area (TPSA) is 89.5 Å². The molecular weight excluding hydrogens is 378 g/mol. The second-order valence-electron chi connectivity index (χ2n) is 5.64. The van der Waals surface area contributed by atoms with Crippen LogP contribution in [0.1, 0.15) is 17.3 Å². The quantitative estimate of drug-likeness (QED) is 0.592. The molecule has 28 heavy (non-hydrogen) atoms. The number of esters is 1. The molecule has 0 saturated carbocycles. The average molecular weight is 397 g/mol. The fraction of sp³-hybridized carbons (Fsp3) is 0.150. The smallest absolute Gasteiger partial charge is 0.337 e. The van der Waals surface area contributed by atoms with E-state index in [1.165, 1.54) is 18.4 Å². The molecule has 1 heterocycles. The van der Waals surface area contributed by atoms with Crippen LogP contribution < -0.4 is 15.4 Å². The molecular formula is C20H19N3O4S. The first kappa shape index (κ1) is 19.4. The molecule has 0 aliphatic rings. The van der Waals surface area contributed by atoms with Crippen molar-refractivity contribution in [2.75, 3.05) is 24.4 Å². The van der Waals surface area contributed by atoms with E-state index in [0.717, 1.165) is 11.3 Å². The van der Waals surface area contributed by atoms with Crippen molar-refractivity contribution < 1.29 is 19.1 Å². The predicted octanol–water partition coefficient (Wildman–Crippen LogP) is 4.64. The number of nitrogens with zero attached hydrogens (tertiary/aromatic N) is 1. The SMILES string of the molecule is CCOc1ccc(NC(=O)Nc2nc(-c3ccc(C(=O)OC)cc3)cs2)cc1. The Labute approximate surface area is 166 Å². The third-order valence-electron chi connectivity index (χ3n) is 3.75. The number of methoxy groups -OCH3 is 1. The van der Waals surface area contributed by atoms with Crippen molar-refractivity contribution in [2.45, 2.75) is 6.92 Å². The van der Waals surface area contributed by atoms with Gasteiger partial charge in [0.1, 0.15) is 5.75 Å². The lowest BCUT2D eigenvalue weighted by Crippen LogP contribution is -2.19. The third kappa shape index (κ3) is 4.86. The highest BCUT2D eigenvalue weighted by Gasteiger charge is 2.10. The van der Waals surface area contributed by atoms with Crippen LogP contribution in [-0.2, 0) is 4.74 Å². The maximum absolute atomic E-state index is 12.2. The number of benzene rings is 2. The Bertz CT molecular complexity index is 952. The molecule has 3 aromatic rings. The largest absolute Gasteiger partial charge is 0.494 e. The molecule has 0 aliphatic carbocycles. The summed E-state index contributed by atoms with van der Waals surface area (Å²) < 4.78 is 10.1. The molecule has 0 bridgehead atoms. The molecule has 7 nitrogen and oxygen atoms in total. The molecule has 144 valence electrons. The lowest BCUT2D eigenvalue weighted by Gasteiger charge is -2.07. The number of carbonyl (C=O) groups is 2. The second-order valence-corrected chi connectivity index (χ2v) is 6.50. The number of anilines is 2. The van der Waals surface area contributed by atoms with Gasteiger partial charge in [-0.1, -0.05) is 12.1 Å². The van der Waals surface area contributed by atoms with Crippen molar-refractivity contribution in [3.63, 3.8) is 0 Å². The van der Waals surface area contributed by atoms with E-state index in [-0.39, 0.29) is 6.03 Å². The minimum absolute atomic E-state index is 0.383. The van der Waals surface area contributed by atoms with Gasteiger partial charge < -0.3 is 14.8 Å². The number of hydrogen-bond donors (Lipinski definition) is 2. The molecule has 3 rings (SSSR count). The predicted molar refractivity (Wildman–Crippen MR) is 109 cm³/mol. The summed E-state index contributed by atoms with van der Waals surface area (Å²) >= 11 is 1.31. The highest BCUT2D eigenvalue weighted by molar-refractivity contribution is 7.14. The average Bonchev–Trinajstić information content (AvgIpc) is 3.17. The van der Waals surface area contributed by atoms with E-state index in [2.05, 4.69) is 20.4 Å². The Balaban J connectivity index is 1.60. The summed E-state index contributed by atoms with van der Waals surface area (Å²) in [7, 11) is 1.34. The van der Waals surface area contributed by atoms with E-state index in [0.29, 0.717) is 28.7 Å². The fourth-order valence-electron chi connectivity index (χ4n) is 2.42. The highest BCUT2D eigenvalue weighted by Crippen LogP contribution is 2.25. The van der Waals surface area contributed by atoms with Crippen molar-refractivity contribution in [3.05, 3.63) is 59.5 Å². The van der Waals surface area contributed by atoms with Crippen LogP contribution in [0.5, 0.6) is 5.75 Å². The molecule has 2 N–H and O–H groups in total. The van der Waals surface area contributed by atoms with Gasteiger partial charge in [-0.05, 0) is 43.3 Å². The van der Waals surface area contributed by atoms with Crippen molar-refractivity contribution in [1.82, 2.24) is 4.98 Å². The first-order valence-electron chi connectivity index (χ1n) is 8.54. The van der Waals surface area contributed by atoms with Gasteiger partial charge in [-0.3, -0.25) is 5.32 Å². The van der Waals surface area contributed by atoms with Crippen LogP contribution in [-0.4, -0.2) is 30.7 Å². The Morgan fingerprint density at radius 3 is 2.39 bits per heavy atom. The maximum Gasteiger partial charge on any atom is 0.337 e. The molecule has 2 aromatic carbocycles. The van der Waals surface area contributed by atoms with E-state index >= 15 is 0 Å². The summed E-state index contributed by atoms with van der Waals surface area (Å²) in [5, 5.41) is 7.76. The maximum atomic E-state index is 12.2. The normalized spacial score (nSPS) is 10.2. The van der Waals surface area contributed by atoms with E-state index in [1.54, 1.807) is 48.5 Å². The lowest BCUT2D eigenvalue weighted by molar-refractivity contribution is 0.0600. The standard InChI is InChI=1S/C20H19N3O4S/c1-3-27-16-10-8-15(9-11-16)21-19(25)23-20-22-17(12-28-20)13-4-6-14(7-5-13)18(24)26-2/h4-12H,3H2,1-2H3,(H2,21,22,23,25). The molecule has 0 aliphatic heterocycles. The minimum atomic E-state index is -0.391. The Hall–Kier alpha value is -3.39. The first-order valence-corrected chi connectivity index (χ1v) is 9.42. The molecule has 0 fully saturated rings. The first-order chi connectivity index (χ1) is 13.6. The molecule has 0 radical (unpaired) electrons. The number of nitrogens with one attached hydrogen (secondary N) is 2. The number of urea groups is 1. The van der Waals surface area contributed by atoms with Gasteiger partial charge in [-0.2, -0.15) is 0 Å². The third-order valence-corrected chi connectivity index (χ3v) is 4.51. The van der Waals surface area contributed by atoms with Crippen LogP contribution >= 0.6 is 11.3 Å². The summed E-state index contributed by atoms with van der Waals surface area (Å²) in [6.07, 6.45) is 0. The fourth-order valence-corrected chi connectivity index (χ4v) is 3.13. The van der Waals surface area contributed by atoms with Gasteiger partial charge in [0, 0.05) is 16.6 Å². The lowest BCUT2D eigenvalue weighted by atomic mass is 10.1. The van der Waals surface area contributed by atoms with E-state index in [4.69, 9.17) is 4.74 Å². The number of aromatic nitrogens is 1. The number of rotatable bonds is 6. The van der Waals surface area contributed by atoms with Crippen molar-refractivity contribution in [2.24, 2.45) is 0 Å². The molecule has 0 spiro atoms. The highest BCUT2D eigenvalue weighted by atomic mass is 32.1. The van der Waals surface area contributed by atoms with Crippen LogP contribution in [0, 0.1) is 0 Å². The molecule has 0 atom stereocenters. The Morgan fingerprint density at radius 1 is 1.04 bits per heavy atom. The number of ether oxygens (including phenoxy) is 2. The summed E-state index contributed by atoms with van der Waals surface area (Å²) in [4.78, 5) is 28.0.